The van der Waals surface area contributed by atoms with E-state index in [-0.39, 0.29) is 18.0 Å². The predicted molar refractivity (Wildman–Crippen MR) is 81.7 cm³/mol. The molecule has 0 aliphatic heterocycles. The Bertz CT molecular complexity index is 515. The van der Waals surface area contributed by atoms with E-state index in [0.29, 0.717) is 23.9 Å². The number of hydrogen-bond acceptors (Lipinski definition) is 4. The van der Waals surface area contributed by atoms with Gasteiger partial charge >= 0.3 is 12.0 Å². The zero-order valence-electron chi connectivity index (χ0n) is 12.3. The molecule has 1 aliphatic rings. The summed E-state index contributed by atoms with van der Waals surface area (Å²) in [6.45, 7) is 4.10. The highest BCUT2D eigenvalue weighted by atomic mass is 32.1. The molecule has 2 atom stereocenters. The van der Waals surface area contributed by atoms with Crippen LogP contribution in [0.1, 0.15) is 51.1 Å². The predicted octanol–water partition coefficient (Wildman–Crippen LogP) is 3.03. The lowest BCUT2D eigenvalue weighted by molar-refractivity contribution is -0.143. The van der Waals surface area contributed by atoms with E-state index in [1.807, 2.05) is 19.2 Å². The molecule has 0 bridgehead atoms. The number of rotatable bonds is 4. The molecular formula is C14H21N3O3S. The van der Waals surface area contributed by atoms with Gasteiger partial charge in [-0.1, -0.05) is 20.3 Å². The second-order valence-electron chi connectivity index (χ2n) is 5.73. The summed E-state index contributed by atoms with van der Waals surface area (Å²) in [4.78, 5) is 27.3. The average Bonchev–Trinajstić information content (AvgIpc) is 2.87. The lowest BCUT2D eigenvalue weighted by Gasteiger charge is -2.27. The van der Waals surface area contributed by atoms with E-state index in [2.05, 4.69) is 15.6 Å². The van der Waals surface area contributed by atoms with E-state index in [1.54, 1.807) is 0 Å². The van der Waals surface area contributed by atoms with Gasteiger partial charge in [0.25, 0.3) is 0 Å². The first-order valence-electron chi connectivity index (χ1n) is 7.21. The van der Waals surface area contributed by atoms with Crippen molar-refractivity contribution in [3.8, 4) is 0 Å². The fraction of sp³-hybridized carbons (Fsp3) is 0.643. The first-order chi connectivity index (χ1) is 9.95. The number of carbonyl (C=O) groups excluding carboxylic acids is 1. The number of thiazole rings is 1. The van der Waals surface area contributed by atoms with Crippen LogP contribution in [-0.2, 0) is 4.79 Å². The van der Waals surface area contributed by atoms with Gasteiger partial charge in [-0.05, 0) is 25.2 Å². The Kier molecular flexibility index (Phi) is 5.17. The largest absolute Gasteiger partial charge is 0.481 e. The van der Waals surface area contributed by atoms with E-state index in [4.69, 9.17) is 5.11 Å². The minimum atomic E-state index is -0.775. The zero-order chi connectivity index (χ0) is 15.4. The average molecular weight is 311 g/mol. The highest BCUT2D eigenvalue weighted by Crippen LogP contribution is 2.25. The molecule has 21 heavy (non-hydrogen) atoms. The maximum absolute atomic E-state index is 11.9. The summed E-state index contributed by atoms with van der Waals surface area (Å²) in [6, 6.07) is -0.389. The monoisotopic (exact) mass is 311 g/mol. The second-order valence-corrected chi connectivity index (χ2v) is 6.59. The molecule has 1 fully saturated rings. The standard InChI is InChI=1S/C14H21N3O3S/c1-8(2)11-7-21-14(16-11)17-13(20)15-10-5-3-4-9(6-10)12(18)19/h7-10H,3-6H2,1-2H3,(H,18,19)(H2,15,16,17,20). The molecule has 1 aromatic heterocycles. The van der Waals surface area contributed by atoms with Crippen LogP contribution in [0.4, 0.5) is 9.93 Å². The summed E-state index contributed by atoms with van der Waals surface area (Å²) in [5, 5.41) is 17.1. The smallest absolute Gasteiger partial charge is 0.321 e. The SMILES string of the molecule is CC(C)c1csc(NC(=O)NC2CCCC(C(=O)O)C2)n1. The summed E-state index contributed by atoms with van der Waals surface area (Å²) >= 11 is 1.40. The Balaban J connectivity index is 1.84. The van der Waals surface area contributed by atoms with Gasteiger partial charge in [0.1, 0.15) is 0 Å². The van der Waals surface area contributed by atoms with Gasteiger partial charge in [-0.2, -0.15) is 0 Å². The van der Waals surface area contributed by atoms with Gasteiger partial charge in [0.2, 0.25) is 0 Å². The molecule has 2 unspecified atom stereocenters. The first-order valence-corrected chi connectivity index (χ1v) is 8.09. The molecule has 116 valence electrons. The van der Waals surface area contributed by atoms with Crippen molar-refractivity contribution >= 4 is 28.5 Å². The molecule has 1 saturated carbocycles. The van der Waals surface area contributed by atoms with E-state index in [1.165, 1.54) is 11.3 Å². The van der Waals surface area contributed by atoms with Crippen LogP contribution in [0, 0.1) is 5.92 Å². The van der Waals surface area contributed by atoms with E-state index < -0.39 is 5.97 Å². The van der Waals surface area contributed by atoms with Crippen molar-refractivity contribution in [2.24, 2.45) is 5.92 Å². The molecule has 2 rings (SSSR count). The number of nitrogens with one attached hydrogen (secondary N) is 2. The lowest BCUT2D eigenvalue weighted by Crippen LogP contribution is -2.42. The fourth-order valence-electron chi connectivity index (χ4n) is 2.47. The number of hydrogen-bond donors (Lipinski definition) is 3. The van der Waals surface area contributed by atoms with Gasteiger partial charge in [-0.3, -0.25) is 10.1 Å². The number of nitrogens with zero attached hydrogens (tertiary/aromatic N) is 1. The fourth-order valence-corrected chi connectivity index (χ4v) is 3.34. The minimum absolute atomic E-state index is 0.0793. The number of carboxylic acids is 1. The second kappa shape index (κ2) is 6.89. The molecule has 2 amide bonds. The minimum Gasteiger partial charge on any atom is -0.481 e. The number of aromatic nitrogens is 1. The first kappa shape index (κ1) is 15.8. The highest BCUT2D eigenvalue weighted by molar-refractivity contribution is 7.13. The number of amides is 2. The maximum atomic E-state index is 11.9. The van der Waals surface area contributed by atoms with Crippen molar-refractivity contribution in [2.45, 2.75) is 51.5 Å². The summed E-state index contributed by atoms with van der Waals surface area (Å²) in [5.74, 6) is -0.797. The third kappa shape index (κ3) is 4.42. The Hall–Kier alpha value is -1.63. The normalized spacial score (nSPS) is 22.0. The summed E-state index contributed by atoms with van der Waals surface area (Å²) < 4.78 is 0. The Morgan fingerprint density at radius 1 is 1.43 bits per heavy atom. The molecule has 0 radical (unpaired) electrons. The van der Waals surface area contributed by atoms with Gasteiger partial charge in [0, 0.05) is 11.4 Å². The molecular weight excluding hydrogens is 290 g/mol. The molecule has 3 N–H and O–H groups in total. The summed E-state index contributed by atoms with van der Waals surface area (Å²) in [5.41, 5.74) is 0.957. The van der Waals surface area contributed by atoms with Crippen LogP contribution in [0.15, 0.2) is 5.38 Å². The number of aliphatic carboxylic acids is 1. The molecule has 0 aromatic carbocycles. The van der Waals surface area contributed by atoms with Crippen LogP contribution >= 0.6 is 11.3 Å². The van der Waals surface area contributed by atoms with Crippen molar-refractivity contribution in [1.29, 1.82) is 0 Å². The van der Waals surface area contributed by atoms with Crippen LogP contribution < -0.4 is 10.6 Å². The van der Waals surface area contributed by atoms with Crippen LogP contribution in [0.25, 0.3) is 0 Å². The number of carboxylic acid groups (broad SMARTS) is 1. The Morgan fingerprint density at radius 2 is 2.19 bits per heavy atom. The number of urea groups is 1. The van der Waals surface area contributed by atoms with Gasteiger partial charge in [-0.25, -0.2) is 9.78 Å². The van der Waals surface area contributed by atoms with Gasteiger partial charge < -0.3 is 10.4 Å². The highest BCUT2D eigenvalue weighted by Gasteiger charge is 2.27. The van der Waals surface area contributed by atoms with Crippen molar-refractivity contribution in [3.63, 3.8) is 0 Å². The van der Waals surface area contributed by atoms with Crippen LogP contribution in [0.3, 0.4) is 0 Å². The Labute approximate surface area is 128 Å². The lowest BCUT2D eigenvalue weighted by atomic mass is 9.86. The molecule has 1 heterocycles. The van der Waals surface area contributed by atoms with Crippen molar-refractivity contribution < 1.29 is 14.7 Å². The van der Waals surface area contributed by atoms with Gasteiger partial charge in [-0.15, -0.1) is 11.3 Å². The molecule has 0 saturated heterocycles. The third-order valence-electron chi connectivity index (χ3n) is 3.69. The Morgan fingerprint density at radius 3 is 2.81 bits per heavy atom. The number of carbonyl (C=O) groups is 2. The van der Waals surface area contributed by atoms with Crippen molar-refractivity contribution in [3.05, 3.63) is 11.1 Å². The zero-order valence-corrected chi connectivity index (χ0v) is 13.1. The third-order valence-corrected chi connectivity index (χ3v) is 4.47. The van der Waals surface area contributed by atoms with Crippen LogP contribution in [0.5, 0.6) is 0 Å². The molecule has 7 heteroatoms. The van der Waals surface area contributed by atoms with Crippen molar-refractivity contribution in [2.75, 3.05) is 5.32 Å². The van der Waals surface area contributed by atoms with Gasteiger partial charge in [0.05, 0.1) is 11.6 Å². The van der Waals surface area contributed by atoms with Crippen molar-refractivity contribution in [1.82, 2.24) is 10.3 Å². The van der Waals surface area contributed by atoms with E-state index in [0.717, 1.165) is 18.5 Å². The molecule has 0 spiro atoms. The van der Waals surface area contributed by atoms with Crippen LogP contribution in [0.2, 0.25) is 0 Å². The topological polar surface area (TPSA) is 91.3 Å². The molecule has 1 aromatic rings. The van der Waals surface area contributed by atoms with E-state index in [9.17, 15) is 9.59 Å². The molecule has 6 nitrogen and oxygen atoms in total. The van der Waals surface area contributed by atoms with Crippen LogP contribution in [-0.4, -0.2) is 28.1 Å². The number of anilines is 1. The van der Waals surface area contributed by atoms with Gasteiger partial charge in [0.15, 0.2) is 5.13 Å². The summed E-state index contributed by atoms with van der Waals surface area (Å²) in [7, 11) is 0. The quantitative estimate of drug-likeness (QED) is 0.797. The van der Waals surface area contributed by atoms with E-state index >= 15 is 0 Å². The summed E-state index contributed by atoms with van der Waals surface area (Å²) in [6.07, 6.45) is 2.85. The molecule has 1 aliphatic carbocycles. The maximum Gasteiger partial charge on any atom is 0.321 e.